The summed E-state index contributed by atoms with van der Waals surface area (Å²) in [4.78, 5) is 12.8. The molecule has 4 nitrogen and oxygen atoms in total. The van der Waals surface area contributed by atoms with Gasteiger partial charge in [-0.2, -0.15) is 0 Å². The van der Waals surface area contributed by atoms with Gasteiger partial charge in [0.15, 0.2) is 5.82 Å². The second kappa shape index (κ2) is 3.83. The summed E-state index contributed by atoms with van der Waals surface area (Å²) in [6.45, 7) is 0. The summed E-state index contributed by atoms with van der Waals surface area (Å²) in [6.07, 6.45) is 4.97. The van der Waals surface area contributed by atoms with Crippen LogP contribution in [-0.4, -0.2) is 15.0 Å². The summed E-state index contributed by atoms with van der Waals surface area (Å²) in [5.41, 5.74) is 7.96. The molecule has 17 heavy (non-hydrogen) atoms. The van der Waals surface area contributed by atoms with Crippen LogP contribution in [0.2, 0.25) is 0 Å². The number of hydrogen-bond acceptors (Lipinski definition) is 4. The molecule has 2 N–H and O–H groups in total. The van der Waals surface area contributed by atoms with Crippen LogP contribution in [0.1, 0.15) is 0 Å². The number of nitrogens with zero attached hydrogens (tertiary/aromatic N) is 3. The third-order valence-corrected chi connectivity index (χ3v) is 2.55. The number of hydrogen-bond donors (Lipinski definition) is 1. The normalized spacial score (nSPS) is 10.6. The van der Waals surface area contributed by atoms with E-state index in [0.717, 1.165) is 16.5 Å². The van der Waals surface area contributed by atoms with E-state index in [2.05, 4.69) is 15.0 Å². The van der Waals surface area contributed by atoms with E-state index >= 15 is 0 Å². The SMILES string of the molecule is Nc1cnc(-c2cccc3cccnc23)nc1. The van der Waals surface area contributed by atoms with Crippen molar-refractivity contribution in [1.82, 2.24) is 15.0 Å². The van der Waals surface area contributed by atoms with Crippen LogP contribution in [0.4, 0.5) is 5.69 Å². The third-order valence-electron chi connectivity index (χ3n) is 2.55. The summed E-state index contributed by atoms with van der Waals surface area (Å²) in [7, 11) is 0. The first-order valence-electron chi connectivity index (χ1n) is 5.26. The van der Waals surface area contributed by atoms with Crippen molar-refractivity contribution < 1.29 is 0 Å². The molecule has 3 aromatic rings. The molecule has 4 heteroatoms. The lowest BCUT2D eigenvalue weighted by molar-refractivity contribution is 1.18. The van der Waals surface area contributed by atoms with Crippen LogP contribution >= 0.6 is 0 Å². The molecule has 0 aliphatic rings. The molecular formula is C13H10N4. The van der Waals surface area contributed by atoms with E-state index in [4.69, 9.17) is 5.73 Å². The Bertz CT molecular complexity index is 656. The van der Waals surface area contributed by atoms with Gasteiger partial charge in [-0.1, -0.05) is 18.2 Å². The maximum Gasteiger partial charge on any atom is 0.161 e. The zero-order valence-electron chi connectivity index (χ0n) is 9.04. The zero-order valence-corrected chi connectivity index (χ0v) is 9.04. The van der Waals surface area contributed by atoms with E-state index < -0.39 is 0 Å². The molecule has 0 saturated heterocycles. The highest BCUT2D eigenvalue weighted by molar-refractivity contribution is 5.91. The smallest absolute Gasteiger partial charge is 0.161 e. The molecule has 0 aliphatic carbocycles. The third kappa shape index (κ3) is 1.69. The summed E-state index contributed by atoms with van der Waals surface area (Å²) in [5, 5.41) is 1.07. The Kier molecular flexibility index (Phi) is 2.19. The molecule has 0 amide bonds. The predicted octanol–water partition coefficient (Wildman–Crippen LogP) is 2.27. The van der Waals surface area contributed by atoms with Crippen LogP contribution in [0.15, 0.2) is 48.9 Å². The van der Waals surface area contributed by atoms with Crippen LogP contribution < -0.4 is 5.73 Å². The van der Waals surface area contributed by atoms with E-state index in [9.17, 15) is 0 Å². The van der Waals surface area contributed by atoms with Crippen LogP contribution in [0, 0.1) is 0 Å². The van der Waals surface area contributed by atoms with Gasteiger partial charge < -0.3 is 5.73 Å². The Hall–Kier alpha value is -2.49. The van der Waals surface area contributed by atoms with Crippen molar-refractivity contribution in [2.75, 3.05) is 5.73 Å². The molecule has 0 atom stereocenters. The van der Waals surface area contributed by atoms with Crippen molar-refractivity contribution in [3.05, 3.63) is 48.9 Å². The number of pyridine rings is 1. The lowest BCUT2D eigenvalue weighted by atomic mass is 10.1. The monoisotopic (exact) mass is 222 g/mol. The standard InChI is InChI=1S/C13H10N4/c14-10-7-16-13(17-8-10)11-5-1-3-9-4-2-6-15-12(9)11/h1-8H,14H2. The number of nitrogen functional groups attached to an aromatic ring is 1. The lowest BCUT2D eigenvalue weighted by Crippen LogP contribution is -1.93. The van der Waals surface area contributed by atoms with Crippen LogP contribution in [0.3, 0.4) is 0 Å². The summed E-state index contributed by atoms with van der Waals surface area (Å²) in [5.74, 6) is 0.642. The minimum absolute atomic E-state index is 0.557. The predicted molar refractivity (Wildman–Crippen MR) is 67.2 cm³/mol. The molecule has 0 fully saturated rings. The average Bonchev–Trinajstić information content (AvgIpc) is 2.39. The summed E-state index contributed by atoms with van der Waals surface area (Å²) in [6, 6.07) is 9.88. The molecule has 82 valence electrons. The van der Waals surface area contributed by atoms with Gasteiger partial charge in [-0.25, -0.2) is 9.97 Å². The van der Waals surface area contributed by atoms with Gasteiger partial charge in [0.05, 0.1) is 23.6 Å². The van der Waals surface area contributed by atoms with Crippen LogP contribution in [-0.2, 0) is 0 Å². The minimum atomic E-state index is 0.557. The van der Waals surface area contributed by atoms with Gasteiger partial charge in [-0.15, -0.1) is 0 Å². The first-order chi connectivity index (χ1) is 8.34. The van der Waals surface area contributed by atoms with Gasteiger partial charge in [0.2, 0.25) is 0 Å². The number of aromatic nitrogens is 3. The molecule has 2 heterocycles. The Morgan fingerprint density at radius 2 is 1.65 bits per heavy atom. The molecule has 0 saturated carbocycles. The first kappa shape index (κ1) is 9.72. The fraction of sp³-hybridized carbons (Fsp3) is 0. The maximum atomic E-state index is 5.58. The Morgan fingerprint density at radius 1 is 0.882 bits per heavy atom. The van der Waals surface area contributed by atoms with E-state index in [0.29, 0.717) is 11.5 Å². The second-order valence-corrected chi connectivity index (χ2v) is 3.72. The van der Waals surface area contributed by atoms with Crippen LogP contribution in [0.5, 0.6) is 0 Å². The van der Waals surface area contributed by atoms with Crippen molar-refractivity contribution in [2.45, 2.75) is 0 Å². The van der Waals surface area contributed by atoms with Crippen molar-refractivity contribution in [2.24, 2.45) is 0 Å². The van der Waals surface area contributed by atoms with E-state index in [1.807, 2.05) is 30.3 Å². The molecular weight excluding hydrogens is 212 g/mol. The maximum absolute atomic E-state index is 5.58. The second-order valence-electron chi connectivity index (χ2n) is 3.72. The number of nitrogens with two attached hydrogens (primary N) is 1. The van der Waals surface area contributed by atoms with Crippen molar-refractivity contribution >= 4 is 16.6 Å². The van der Waals surface area contributed by atoms with Gasteiger partial charge in [0.25, 0.3) is 0 Å². The van der Waals surface area contributed by atoms with Crippen molar-refractivity contribution in [1.29, 1.82) is 0 Å². The molecule has 0 spiro atoms. The first-order valence-corrected chi connectivity index (χ1v) is 5.26. The molecule has 1 aromatic carbocycles. The molecule has 2 aromatic heterocycles. The average molecular weight is 222 g/mol. The highest BCUT2D eigenvalue weighted by atomic mass is 14.9. The summed E-state index contributed by atoms with van der Waals surface area (Å²) < 4.78 is 0. The number of rotatable bonds is 1. The summed E-state index contributed by atoms with van der Waals surface area (Å²) >= 11 is 0. The van der Waals surface area contributed by atoms with Crippen LogP contribution in [0.25, 0.3) is 22.3 Å². The fourth-order valence-electron chi connectivity index (χ4n) is 1.76. The van der Waals surface area contributed by atoms with Gasteiger partial charge in [-0.3, -0.25) is 4.98 Å². The number of para-hydroxylation sites is 1. The molecule has 0 radical (unpaired) electrons. The van der Waals surface area contributed by atoms with E-state index in [-0.39, 0.29) is 0 Å². The molecule has 0 unspecified atom stereocenters. The molecule has 0 bridgehead atoms. The number of anilines is 1. The molecule has 0 aliphatic heterocycles. The Morgan fingerprint density at radius 3 is 2.47 bits per heavy atom. The van der Waals surface area contributed by atoms with Crippen molar-refractivity contribution in [3.8, 4) is 11.4 Å². The van der Waals surface area contributed by atoms with Gasteiger partial charge in [-0.05, 0) is 12.1 Å². The van der Waals surface area contributed by atoms with Crippen molar-refractivity contribution in [3.63, 3.8) is 0 Å². The Labute approximate surface area is 98.2 Å². The topological polar surface area (TPSA) is 64.7 Å². The largest absolute Gasteiger partial charge is 0.396 e. The minimum Gasteiger partial charge on any atom is -0.396 e. The van der Waals surface area contributed by atoms with Gasteiger partial charge in [0.1, 0.15) is 0 Å². The zero-order chi connectivity index (χ0) is 11.7. The van der Waals surface area contributed by atoms with E-state index in [1.165, 1.54) is 0 Å². The van der Waals surface area contributed by atoms with Gasteiger partial charge in [0, 0.05) is 17.1 Å². The number of benzene rings is 1. The number of fused-ring (bicyclic) bond motifs is 1. The lowest BCUT2D eigenvalue weighted by Gasteiger charge is -2.04. The highest BCUT2D eigenvalue weighted by Gasteiger charge is 2.06. The highest BCUT2D eigenvalue weighted by Crippen LogP contribution is 2.23. The van der Waals surface area contributed by atoms with Gasteiger partial charge >= 0.3 is 0 Å². The quantitative estimate of drug-likeness (QED) is 0.686. The fourth-order valence-corrected chi connectivity index (χ4v) is 1.76. The molecule has 3 rings (SSSR count). The Balaban J connectivity index is 2.27. The van der Waals surface area contributed by atoms with E-state index in [1.54, 1.807) is 18.6 Å².